The minimum atomic E-state index is -0.605. The van der Waals surface area contributed by atoms with Crippen molar-refractivity contribution >= 4 is 5.97 Å². The van der Waals surface area contributed by atoms with Crippen LogP contribution in [-0.2, 0) is 4.79 Å². The van der Waals surface area contributed by atoms with E-state index < -0.39 is 5.97 Å². The molecule has 0 aromatic heterocycles. The van der Waals surface area contributed by atoms with Crippen molar-refractivity contribution in [3.63, 3.8) is 0 Å². The minimum Gasteiger partial charge on any atom is -0.481 e. The van der Waals surface area contributed by atoms with Crippen LogP contribution in [0.25, 0.3) is 0 Å². The normalized spacial score (nSPS) is 57.3. The summed E-state index contributed by atoms with van der Waals surface area (Å²) >= 11 is 0. The molecule has 0 bridgehead atoms. The standard InChI is InChI=1S/C25H40O4/c1-13(16-12-17(16)23(28)29)18-4-5-19-22-20(7-9-25(18,19)3)24(2)8-6-15(26)10-14(24)11-21(22)27/h13-22,26-27H,4-12H2,1-3H3,(H,28,29)/t13-,14+,15-,16-,17-,18-,19+,20+,21+,22+,24+,25-/m1/s1. The number of rotatable bonds is 3. The number of carbonyl (C=O) groups is 1. The molecule has 5 aliphatic rings. The van der Waals surface area contributed by atoms with Gasteiger partial charge in [-0.1, -0.05) is 20.8 Å². The maximum Gasteiger partial charge on any atom is 0.306 e. The van der Waals surface area contributed by atoms with Gasteiger partial charge in [0.2, 0.25) is 0 Å². The first-order valence-electron chi connectivity index (χ1n) is 12.3. The number of carboxylic acid groups (broad SMARTS) is 1. The molecule has 5 aliphatic carbocycles. The lowest BCUT2D eigenvalue weighted by atomic mass is 9.43. The number of hydrogen-bond donors (Lipinski definition) is 3. The summed E-state index contributed by atoms with van der Waals surface area (Å²) in [7, 11) is 0. The quantitative estimate of drug-likeness (QED) is 0.654. The molecule has 0 aliphatic heterocycles. The van der Waals surface area contributed by atoms with Crippen molar-refractivity contribution in [1.82, 2.24) is 0 Å². The van der Waals surface area contributed by atoms with Crippen molar-refractivity contribution < 1.29 is 20.1 Å². The van der Waals surface area contributed by atoms with Gasteiger partial charge in [0, 0.05) is 0 Å². The van der Waals surface area contributed by atoms with Crippen molar-refractivity contribution in [3.05, 3.63) is 0 Å². The average molecular weight is 405 g/mol. The summed E-state index contributed by atoms with van der Waals surface area (Å²) in [5, 5.41) is 30.9. The lowest BCUT2D eigenvalue weighted by Gasteiger charge is -2.62. The van der Waals surface area contributed by atoms with Gasteiger partial charge in [-0.25, -0.2) is 0 Å². The molecule has 0 aromatic carbocycles. The fourth-order valence-corrected chi connectivity index (χ4v) is 9.48. The number of fused-ring (bicyclic) bond motifs is 5. The molecule has 4 nitrogen and oxygen atoms in total. The highest BCUT2D eigenvalue weighted by Gasteiger charge is 2.64. The van der Waals surface area contributed by atoms with Crippen LogP contribution in [0.2, 0.25) is 0 Å². The van der Waals surface area contributed by atoms with Crippen LogP contribution in [0.1, 0.15) is 78.6 Å². The lowest BCUT2D eigenvalue weighted by molar-refractivity contribution is -0.174. The topological polar surface area (TPSA) is 77.8 Å². The summed E-state index contributed by atoms with van der Waals surface area (Å²) in [4.78, 5) is 11.4. The SMILES string of the molecule is C[C@H]([C@H]1C[C@H]1C(=O)O)[C@H]1CC[C@H]2[C@@H]3[C@@H](O)C[C@@H]4C[C@H](O)CC[C@]4(C)[C@H]3CC[C@]12C. The van der Waals surface area contributed by atoms with Gasteiger partial charge in [0.05, 0.1) is 18.1 Å². The Hall–Kier alpha value is -0.610. The van der Waals surface area contributed by atoms with Crippen molar-refractivity contribution in [2.75, 3.05) is 0 Å². The van der Waals surface area contributed by atoms with Crippen molar-refractivity contribution in [3.8, 4) is 0 Å². The summed E-state index contributed by atoms with van der Waals surface area (Å²) in [6.45, 7) is 7.26. The first-order chi connectivity index (χ1) is 13.7. The molecule has 0 saturated heterocycles. The molecular formula is C25H40O4. The van der Waals surface area contributed by atoms with E-state index in [0.29, 0.717) is 41.4 Å². The zero-order valence-corrected chi connectivity index (χ0v) is 18.4. The summed E-state index contributed by atoms with van der Waals surface area (Å²) in [6.07, 6.45) is 9.08. The third kappa shape index (κ3) is 2.87. The number of aliphatic carboxylic acids is 1. The van der Waals surface area contributed by atoms with E-state index in [-0.39, 0.29) is 29.0 Å². The molecule has 5 fully saturated rings. The zero-order chi connectivity index (χ0) is 20.7. The second-order valence-corrected chi connectivity index (χ2v) is 12.2. The van der Waals surface area contributed by atoms with Gasteiger partial charge < -0.3 is 15.3 Å². The maximum absolute atomic E-state index is 11.4. The predicted octanol–water partition coefficient (Wildman–Crippen LogP) is 4.33. The van der Waals surface area contributed by atoms with E-state index >= 15 is 0 Å². The Bertz CT molecular complexity index is 678. The number of aliphatic hydroxyl groups excluding tert-OH is 2. The van der Waals surface area contributed by atoms with Crippen LogP contribution in [-0.4, -0.2) is 33.5 Å². The minimum absolute atomic E-state index is 0.113. The monoisotopic (exact) mass is 404 g/mol. The van der Waals surface area contributed by atoms with Gasteiger partial charge in [-0.2, -0.15) is 0 Å². The van der Waals surface area contributed by atoms with Crippen molar-refractivity contribution in [1.29, 1.82) is 0 Å². The first kappa shape index (κ1) is 20.3. The number of hydrogen-bond acceptors (Lipinski definition) is 3. The van der Waals surface area contributed by atoms with Gasteiger partial charge in [0.25, 0.3) is 0 Å². The van der Waals surface area contributed by atoms with Crippen LogP contribution < -0.4 is 0 Å². The largest absolute Gasteiger partial charge is 0.481 e. The second-order valence-electron chi connectivity index (χ2n) is 12.2. The van der Waals surface area contributed by atoms with Crippen LogP contribution in [0.5, 0.6) is 0 Å². The summed E-state index contributed by atoms with van der Waals surface area (Å²) in [5.41, 5.74) is 0.531. The molecule has 0 unspecified atom stereocenters. The molecule has 12 atom stereocenters. The summed E-state index contributed by atoms with van der Waals surface area (Å²) in [6, 6.07) is 0. The molecule has 29 heavy (non-hydrogen) atoms. The van der Waals surface area contributed by atoms with Gasteiger partial charge in [-0.15, -0.1) is 0 Å². The average Bonchev–Trinajstić information content (AvgIpc) is 3.39. The van der Waals surface area contributed by atoms with E-state index in [1.807, 2.05) is 0 Å². The fourth-order valence-electron chi connectivity index (χ4n) is 9.48. The van der Waals surface area contributed by atoms with Crippen LogP contribution in [0, 0.1) is 58.2 Å². The molecule has 0 radical (unpaired) electrons. The Balaban J connectivity index is 1.39. The highest BCUT2D eigenvalue weighted by molar-refractivity contribution is 5.73. The number of carboxylic acids is 1. The zero-order valence-electron chi connectivity index (χ0n) is 18.4. The van der Waals surface area contributed by atoms with Gasteiger partial charge in [0.15, 0.2) is 0 Å². The van der Waals surface area contributed by atoms with Crippen LogP contribution >= 0.6 is 0 Å². The Morgan fingerprint density at radius 2 is 1.62 bits per heavy atom. The van der Waals surface area contributed by atoms with E-state index in [1.165, 1.54) is 25.7 Å². The van der Waals surface area contributed by atoms with Gasteiger partial charge in [-0.05, 0) is 110 Å². The number of aliphatic hydroxyl groups is 2. The predicted molar refractivity (Wildman–Crippen MR) is 111 cm³/mol. The molecule has 4 heteroatoms. The molecule has 0 heterocycles. The molecule has 0 amide bonds. The van der Waals surface area contributed by atoms with Crippen LogP contribution in [0.15, 0.2) is 0 Å². The summed E-state index contributed by atoms with van der Waals surface area (Å²) < 4.78 is 0. The molecule has 0 aromatic rings. The van der Waals surface area contributed by atoms with Crippen LogP contribution in [0.3, 0.4) is 0 Å². The molecular weight excluding hydrogens is 364 g/mol. The maximum atomic E-state index is 11.4. The Labute approximate surface area is 175 Å². The fraction of sp³-hybridized carbons (Fsp3) is 0.960. The van der Waals surface area contributed by atoms with Crippen LogP contribution in [0.4, 0.5) is 0 Å². The van der Waals surface area contributed by atoms with Crippen molar-refractivity contribution in [2.24, 2.45) is 58.2 Å². The molecule has 0 spiro atoms. The highest BCUT2D eigenvalue weighted by atomic mass is 16.4. The third-order valence-electron chi connectivity index (χ3n) is 11.2. The lowest BCUT2D eigenvalue weighted by Crippen LogP contribution is -2.58. The van der Waals surface area contributed by atoms with Gasteiger partial charge >= 0.3 is 5.97 Å². The molecule has 3 N–H and O–H groups in total. The summed E-state index contributed by atoms with van der Waals surface area (Å²) in [5.74, 6) is 2.76. The molecule has 5 saturated carbocycles. The second kappa shape index (κ2) is 6.69. The Morgan fingerprint density at radius 3 is 2.31 bits per heavy atom. The molecule has 164 valence electrons. The Kier molecular flexibility index (Phi) is 4.68. The van der Waals surface area contributed by atoms with E-state index in [1.54, 1.807) is 0 Å². The first-order valence-corrected chi connectivity index (χ1v) is 12.3. The molecule has 5 rings (SSSR count). The third-order valence-corrected chi connectivity index (χ3v) is 11.2. The Morgan fingerprint density at radius 1 is 0.931 bits per heavy atom. The highest BCUT2D eigenvalue weighted by Crippen LogP contribution is 2.69. The van der Waals surface area contributed by atoms with E-state index in [2.05, 4.69) is 20.8 Å². The van der Waals surface area contributed by atoms with E-state index in [0.717, 1.165) is 32.1 Å². The van der Waals surface area contributed by atoms with Crippen molar-refractivity contribution in [2.45, 2.75) is 90.8 Å². The van der Waals surface area contributed by atoms with E-state index in [4.69, 9.17) is 0 Å². The van der Waals surface area contributed by atoms with Gasteiger partial charge in [-0.3, -0.25) is 4.79 Å². The smallest absolute Gasteiger partial charge is 0.306 e. The van der Waals surface area contributed by atoms with E-state index in [9.17, 15) is 20.1 Å². The van der Waals surface area contributed by atoms with Gasteiger partial charge in [0.1, 0.15) is 0 Å².